The lowest BCUT2D eigenvalue weighted by molar-refractivity contribution is -0.141. The average Bonchev–Trinajstić information content (AvgIpc) is 3.02. The predicted octanol–water partition coefficient (Wildman–Crippen LogP) is 6.74. The first-order chi connectivity index (χ1) is 19.7. The molecule has 0 amide bonds. The second-order valence-electron chi connectivity index (χ2n) is 11.2. The van der Waals surface area contributed by atoms with E-state index in [1.54, 1.807) is 14.2 Å². The molecule has 0 aromatic heterocycles. The van der Waals surface area contributed by atoms with Gasteiger partial charge < -0.3 is 28.6 Å². The van der Waals surface area contributed by atoms with Crippen molar-refractivity contribution in [1.29, 1.82) is 0 Å². The van der Waals surface area contributed by atoms with Gasteiger partial charge in [-0.25, -0.2) is 0 Å². The van der Waals surface area contributed by atoms with E-state index >= 15 is 0 Å². The number of anilines is 1. The van der Waals surface area contributed by atoms with Crippen LogP contribution in [0.15, 0.2) is 72.8 Å². The summed E-state index contributed by atoms with van der Waals surface area (Å²) < 4.78 is 29.4. The molecular weight excluding hydrogens is 502 g/mol. The van der Waals surface area contributed by atoms with Crippen LogP contribution in [0.3, 0.4) is 0 Å². The zero-order chi connectivity index (χ0) is 27.3. The van der Waals surface area contributed by atoms with Gasteiger partial charge in [-0.05, 0) is 55.0 Å². The second kappa shape index (κ2) is 12.6. The Balaban J connectivity index is 1.24. The van der Waals surface area contributed by atoms with Crippen LogP contribution in [0.1, 0.15) is 60.6 Å². The van der Waals surface area contributed by atoms with Gasteiger partial charge in [-0.15, -0.1) is 0 Å². The van der Waals surface area contributed by atoms with Crippen molar-refractivity contribution >= 4 is 5.69 Å². The molecule has 0 bridgehead atoms. The largest absolute Gasteiger partial charge is 0.492 e. The Morgan fingerprint density at radius 1 is 0.825 bits per heavy atom. The molecular formula is C34H41NO5. The van der Waals surface area contributed by atoms with Gasteiger partial charge in [0, 0.05) is 68.8 Å². The van der Waals surface area contributed by atoms with Gasteiger partial charge in [0.25, 0.3) is 0 Å². The molecule has 2 saturated heterocycles. The Morgan fingerprint density at radius 3 is 2.30 bits per heavy atom. The second-order valence-corrected chi connectivity index (χ2v) is 11.2. The summed E-state index contributed by atoms with van der Waals surface area (Å²) in [5.41, 5.74) is 5.08. The fraction of sp³-hybridized carbons (Fsp3) is 0.471. The number of hydrogen-bond acceptors (Lipinski definition) is 6. The van der Waals surface area contributed by atoms with E-state index < -0.39 is 0 Å². The lowest BCUT2D eigenvalue weighted by Gasteiger charge is -2.37. The highest BCUT2D eigenvalue weighted by molar-refractivity contribution is 5.54. The SMILES string of the molecule is COC(OC)C1CCN(c2ccc([C@@H]3c4ccc(OC5CCCCO5)cc4OC[C@@H]3c3ccccc3)cc2)CC1. The van der Waals surface area contributed by atoms with E-state index in [0.717, 1.165) is 63.3 Å². The van der Waals surface area contributed by atoms with E-state index in [4.69, 9.17) is 23.7 Å². The van der Waals surface area contributed by atoms with E-state index in [2.05, 4.69) is 71.6 Å². The summed E-state index contributed by atoms with van der Waals surface area (Å²) in [6.45, 7) is 3.41. The number of rotatable bonds is 8. The third-order valence-electron chi connectivity index (χ3n) is 8.78. The topological polar surface area (TPSA) is 49.4 Å². The smallest absolute Gasteiger partial charge is 0.199 e. The summed E-state index contributed by atoms with van der Waals surface area (Å²) in [5.74, 6) is 2.57. The van der Waals surface area contributed by atoms with Gasteiger partial charge in [0.05, 0.1) is 13.2 Å². The lowest BCUT2D eigenvalue weighted by Crippen LogP contribution is -2.39. The molecule has 3 heterocycles. The summed E-state index contributed by atoms with van der Waals surface area (Å²) in [4.78, 5) is 2.48. The number of fused-ring (bicyclic) bond motifs is 1. The van der Waals surface area contributed by atoms with Crippen molar-refractivity contribution in [2.24, 2.45) is 5.92 Å². The first-order valence-corrected chi connectivity index (χ1v) is 14.7. The first-order valence-electron chi connectivity index (χ1n) is 14.7. The van der Waals surface area contributed by atoms with Crippen LogP contribution in [0.5, 0.6) is 11.5 Å². The maximum atomic E-state index is 6.39. The fourth-order valence-corrected chi connectivity index (χ4v) is 6.62. The molecule has 6 nitrogen and oxygen atoms in total. The van der Waals surface area contributed by atoms with Crippen molar-refractivity contribution < 1.29 is 23.7 Å². The molecule has 0 aliphatic carbocycles. The van der Waals surface area contributed by atoms with E-state index in [-0.39, 0.29) is 24.4 Å². The third-order valence-corrected chi connectivity index (χ3v) is 8.78. The van der Waals surface area contributed by atoms with Gasteiger partial charge in [-0.2, -0.15) is 0 Å². The van der Waals surface area contributed by atoms with Crippen LogP contribution in [0.2, 0.25) is 0 Å². The minimum Gasteiger partial charge on any atom is -0.492 e. The monoisotopic (exact) mass is 543 g/mol. The van der Waals surface area contributed by atoms with Crippen LogP contribution in [-0.2, 0) is 14.2 Å². The van der Waals surface area contributed by atoms with Crippen molar-refractivity contribution in [3.8, 4) is 11.5 Å². The molecule has 3 aliphatic rings. The molecule has 1 unspecified atom stereocenters. The summed E-state index contributed by atoms with van der Waals surface area (Å²) in [6.07, 6.45) is 5.02. The van der Waals surface area contributed by atoms with Crippen LogP contribution in [0, 0.1) is 5.92 Å². The minimum absolute atomic E-state index is 0.117. The van der Waals surface area contributed by atoms with E-state index in [1.807, 2.05) is 6.07 Å². The number of methoxy groups -OCH3 is 2. The van der Waals surface area contributed by atoms with E-state index in [1.165, 1.54) is 22.4 Å². The average molecular weight is 544 g/mol. The molecule has 6 rings (SSSR count). The molecule has 3 aliphatic heterocycles. The van der Waals surface area contributed by atoms with Crippen molar-refractivity contribution in [3.05, 3.63) is 89.5 Å². The van der Waals surface area contributed by atoms with Crippen LogP contribution in [0.25, 0.3) is 0 Å². The van der Waals surface area contributed by atoms with Gasteiger partial charge in [0.2, 0.25) is 0 Å². The van der Waals surface area contributed by atoms with Crippen molar-refractivity contribution in [1.82, 2.24) is 0 Å². The van der Waals surface area contributed by atoms with Crippen LogP contribution in [-0.4, -0.2) is 53.1 Å². The van der Waals surface area contributed by atoms with Crippen LogP contribution in [0.4, 0.5) is 5.69 Å². The van der Waals surface area contributed by atoms with Gasteiger partial charge in [0.1, 0.15) is 11.5 Å². The Kier molecular flexibility index (Phi) is 8.57. The van der Waals surface area contributed by atoms with Crippen molar-refractivity contribution in [2.75, 3.05) is 45.4 Å². The Bertz CT molecular complexity index is 1210. The maximum absolute atomic E-state index is 6.39. The molecule has 3 aromatic rings. The number of piperidine rings is 1. The highest BCUT2D eigenvalue weighted by Gasteiger charge is 2.34. The molecule has 3 aromatic carbocycles. The lowest BCUT2D eigenvalue weighted by atomic mass is 9.76. The summed E-state index contributed by atoms with van der Waals surface area (Å²) in [5, 5.41) is 0. The number of hydrogen-bond donors (Lipinski definition) is 0. The van der Waals surface area contributed by atoms with Crippen molar-refractivity contribution in [2.45, 2.75) is 56.5 Å². The Hall–Kier alpha value is -3.06. The molecule has 0 spiro atoms. The molecule has 0 saturated carbocycles. The van der Waals surface area contributed by atoms with Crippen LogP contribution < -0.4 is 14.4 Å². The van der Waals surface area contributed by atoms with Gasteiger partial charge in [0.15, 0.2) is 12.6 Å². The third kappa shape index (κ3) is 5.85. The van der Waals surface area contributed by atoms with Gasteiger partial charge in [-0.1, -0.05) is 48.5 Å². The summed E-state index contributed by atoms with van der Waals surface area (Å²) >= 11 is 0. The van der Waals surface area contributed by atoms with Crippen LogP contribution >= 0.6 is 0 Å². The minimum atomic E-state index is -0.171. The zero-order valence-corrected chi connectivity index (χ0v) is 23.7. The molecule has 2 fully saturated rings. The van der Waals surface area contributed by atoms with E-state index in [0.29, 0.717) is 12.5 Å². The molecule has 6 heteroatoms. The maximum Gasteiger partial charge on any atom is 0.199 e. The molecule has 3 atom stereocenters. The standard InChI is InChI=1S/C34H41NO5/c1-36-34(37-2)26-17-19-35(20-18-26)27-13-11-25(12-14-27)33-29-16-15-28(40-32-10-6-7-21-38-32)22-31(29)39-23-30(33)24-8-4-3-5-9-24/h3-5,8-9,11-16,22,26,30,32-34H,6-7,10,17-21,23H2,1-2H3/t30-,32?,33-/m1/s1. The molecule has 0 radical (unpaired) electrons. The molecule has 0 N–H and O–H groups in total. The fourth-order valence-electron chi connectivity index (χ4n) is 6.62. The number of ether oxygens (including phenoxy) is 5. The van der Waals surface area contributed by atoms with E-state index in [9.17, 15) is 0 Å². The predicted molar refractivity (Wildman–Crippen MR) is 156 cm³/mol. The summed E-state index contributed by atoms with van der Waals surface area (Å²) in [6, 6.07) is 26.3. The number of nitrogens with zero attached hydrogens (tertiary/aromatic N) is 1. The summed E-state index contributed by atoms with van der Waals surface area (Å²) in [7, 11) is 3.46. The quantitative estimate of drug-likeness (QED) is 0.294. The molecule has 212 valence electrons. The molecule has 40 heavy (non-hydrogen) atoms. The van der Waals surface area contributed by atoms with Gasteiger partial charge >= 0.3 is 0 Å². The number of benzene rings is 3. The highest BCUT2D eigenvalue weighted by atomic mass is 16.7. The Morgan fingerprint density at radius 2 is 1.60 bits per heavy atom. The first kappa shape index (κ1) is 27.1. The normalized spacial score (nSPS) is 23.5. The Labute approximate surface area is 238 Å². The zero-order valence-electron chi connectivity index (χ0n) is 23.7. The van der Waals surface area contributed by atoms with Gasteiger partial charge in [-0.3, -0.25) is 0 Å². The highest BCUT2D eigenvalue weighted by Crippen LogP contribution is 2.47. The van der Waals surface area contributed by atoms with Crippen molar-refractivity contribution in [3.63, 3.8) is 0 Å².